The maximum absolute atomic E-state index is 12.4. The van der Waals surface area contributed by atoms with Crippen LogP contribution in [0.5, 0.6) is 0 Å². The van der Waals surface area contributed by atoms with Gasteiger partial charge in [0, 0.05) is 5.56 Å². The number of nitriles is 1. The average Bonchev–Trinajstić information content (AvgIpc) is 3.27. The number of hydrogen-bond acceptors (Lipinski definition) is 6. The van der Waals surface area contributed by atoms with Gasteiger partial charge in [0.25, 0.3) is 5.91 Å². The maximum Gasteiger partial charge on any atom is 0.351 e. The third kappa shape index (κ3) is 3.92. The number of aryl methyl sites for hydroxylation is 1. The molecule has 0 radical (unpaired) electrons. The molecule has 134 valence electrons. The molecule has 0 bridgehead atoms. The number of thiazole rings is 1. The maximum atomic E-state index is 12.4. The number of nitrogens with zero attached hydrogens (tertiary/aromatic N) is 2. The molecule has 0 spiro atoms. The predicted octanol–water partition coefficient (Wildman–Crippen LogP) is 3.23. The molecule has 2 aromatic rings. The summed E-state index contributed by atoms with van der Waals surface area (Å²) in [4.78, 5) is 29.3. The third-order valence-electron chi connectivity index (χ3n) is 4.35. The fourth-order valence-corrected chi connectivity index (χ4v) is 3.93. The summed E-state index contributed by atoms with van der Waals surface area (Å²) in [5, 5.41) is 12.8. The summed E-state index contributed by atoms with van der Waals surface area (Å²) in [7, 11) is 0. The number of nitrogens with one attached hydrogen (secondary N) is 1. The lowest BCUT2D eigenvalue weighted by Crippen LogP contribution is -2.46. The van der Waals surface area contributed by atoms with Gasteiger partial charge in [0.15, 0.2) is 6.61 Å². The first kappa shape index (κ1) is 18.1. The second kappa shape index (κ2) is 7.67. The quantitative estimate of drug-likeness (QED) is 0.817. The molecule has 6 nitrogen and oxygen atoms in total. The first-order valence-electron chi connectivity index (χ1n) is 8.45. The Morgan fingerprint density at radius 1 is 1.31 bits per heavy atom. The Morgan fingerprint density at radius 3 is 2.65 bits per heavy atom. The SMILES string of the molecule is Cc1nc(-c2ccccc2)c(C(=O)OCC(=O)NC2(C#N)CCCC2)s1. The van der Waals surface area contributed by atoms with Crippen LogP contribution in [0, 0.1) is 18.3 Å². The number of esters is 1. The molecule has 1 amide bonds. The van der Waals surface area contributed by atoms with Crippen molar-refractivity contribution in [3.63, 3.8) is 0 Å². The molecule has 3 rings (SSSR count). The molecule has 1 fully saturated rings. The minimum Gasteiger partial charge on any atom is -0.451 e. The molecule has 1 aliphatic rings. The molecule has 0 aliphatic heterocycles. The van der Waals surface area contributed by atoms with Gasteiger partial charge in [-0.3, -0.25) is 4.79 Å². The Bertz CT molecular complexity index is 849. The van der Waals surface area contributed by atoms with Crippen molar-refractivity contribution in [1.82, 2.24) is 10.3 Å². The van der Waals surface area contributed by atoms with Crippen LogP contribution in [0.2, 0.25) is 0 Å². The van der Waals surface area contributed by atoms with Crippen LogP contribution in [0.25, 0.3) is 11.3 Å². The smallest absolute Gasteiger partial charge is 0.351 e. The van der Waals surface area contributed by atoms with Gasteiger partial charge in [-0.15, -0.1) is 11.3 Å². The highest BCUT2D eigenvalue weighted by atomic mass is 32.1. The van der Waals surface area contributed by atoms with E-state index in [0.717, 1.165) is 23.4 Å². The molecule has 1 aromatic carbocycles. The summed E-state index contributed by atoms with van der Waals surface area (Å²) >= 11 is 1.24. The Kier molecular flexibility index (Phi) is 5.33. The molecule has 0 unspecified atom stereocenters. The van der Waals surface area contributed by atoms with Crippen molar-refractivity contribution in [2.24, 2.45) is 0 Å². The summed E-state index contributed by atoms with van der Waals surface area (Å²) in [5.41, 5.74) is 0.560. The number of aromatic nitrogens is 1. The molecule has 1 aliphatic carbocycles. The zero-order valence-corrected chi connectivity index (χ0v) is 15.3. The molecular formula is C19H19N3O3S. The van der Waals surface area contributed by atoms with Crippen molar-refractivity contribution in [2.45, 2.75) is 38.1 Å². The molecule has 26 heavy (non-hydrogen) atoms. The summed E-state index contributed by atoms with van der Waals surface area (Å²) in [6, 6.07) is 11.5. The zero-order chi connectivity index (χ0) is 18.6. The van der Waals surface area contributed by atoms with Gasteiger partial charge in [-0.1, -0.05) is 30.3 Å². The minimum absolute atomic E-state index is 0.373. The number of amides is 1. The molecule has 0 saturated heterocycles. The topological polar surface area (TPSA) is 92.1 Å². The number of ether oxygens (including phenoxy) is 1. The average molecular weight is 369 g/mol. The molecule has 1 saturated carbocycles. The van der Waals surface area contributed by atoms with E-state index in [-0.39, 0.29) is 0 Å². The molecule has 7 heteroatoms. The fraction of sp³-hybridized carbons (Fsp3) is 0.368. The van der Waals surface area contributed by atoms with Crippen molar-refractivity contribution in [3.8, 4) is 17.3 Å². The standard InChI is InChI=1S/C19H19N3O3S/c1-13-21-16(14-7-3-2-4-8-14)17(26-13)18(24)25-11-15(23)22-19(12-20)9-5-6-10-19/h2-4,7-8H,5-6,9-11H2,1H3,(H,22,23). The Morgan fingerprint density at radius 2 is 2.00 bits per heavy atom. The molecule has 1 heterocycles. The monoisotopic (exact) mass is 369 g/mol. The van der Waals surface area contributed by atoms with E-state index in [4.69, 9.17) is 4.74 Å². The third-order valence-corrected chi connectivity index (χ3v) is 5.30. The van der Waals surface area contributed by atoms with Gasteiger partial charge in [0.1, 0.15) is 10.4 Å². The summed E-state index contributed by atoms with van der Waals surface area (Å²) in [6.45, 7) is 1.41. The van der Waals surface area contributed by atoms with Crippen LogP contribution >= 0.6 is 11.3 Å². The molecule has 1 aromatic heterocycles. The van der Waals surface area contributed by atoms with Crippen LogP contribution < -0.4 is 5.32 Å². The zero-order valence-electron chi connectivity index (χ0n) is 14.4. The van der Waals surface area contributed by atoms with E-state index in [1.165, 1.54) is 11.3 Å². The normalized spacial score (nSPS) is 15.2. The lowest BCUT2D eigenvalue weighted by Gasteiger charge is -2.21. The summed E-state index contributed by atoms with van der Waals surface area (Å²) < 4.78 is 5.18. The van der Waals surface area contributed by atoms with Gasteiger partial charge in [-0.25, -0.2) is 9.78 Å². The molecular weight excluding hydrogens is 350 g/mol. The molecule has 0 atom stereocenters. The second-order valence-corrected chi connectivity index (χ2v) is 7.51. The van der Waals surface area contributed by atoms with E-state index in [1.807, 2.05) is 37.3 Å². The van der Waals surface area contributed by atoms with E-state index in [2.05, 4.69) is 16.4 Å². The van der Waals surface area contributed by atoms with Gasteiger partial charge < -0.3 is 10.1 Å². The van der Waals surface area contributed by atoms with E-state index in [1.54, 1.807) is 0 Å². The van der Waals surface area contributed by atoms with Crippen LogP contribution in [0.3, 0.4) is 0 Å². The van der Waals surface area contributed by atoms with Crippen LogP contribution in [-0.2, 0) is 9.53 Å². The van der Waals surface area contributed by atoms with Gasteiger partial charge in [-0.05, 0) is 32.6 Å². The van der Waals surface area contributed by atoms with E-state index in [9.17, 15) is 14.9 Å². The minimum atomic E-state index is -0.820. The highest BCUT2D eigenvalue weighted by Gasteiger charge is 2.35. The van der Waals surface area contributed by atoms with E-state index in [0.29, 0.717) is 23.4 Å². The summed E-state index contributed by atoms with van der Waals surface area (Å²) in [5.74, 6) is -1.04. The van der Waals surface area contributed by atoms with Crippen LogP contribution in [-0.4, -0.2) is 29.0 Å². The number of benzene rings is 1. The van der Waals surface area contributed by atoms with Gasteiger partial charge in [0.05, 0.1) is 16.8 Å². The second-order valence-electron chi connectivity index (χ2n) is 6.30. The van der Waals surface area contributed by atoms with Crippen LogP contribution in [0.1, 0.15) is 40.4 Å². The van der Waals surface area contributed by atoms with Crippen molar-refractivity contribution in [3.05, 3.63) is 40.2 Å². The van der Waals surface area contributed by atoms with Crippen molar-refractivity contribution < 1.29 is 14.3 Å². The highest BCUT2D eigenvalue weighted by Crippen LogP contribution is 2.30. The lowest BCUT2D eigenvalue weighted by atomic mass is 10.00. The van der Waals surface area contributed by atoms with Gasteiger partial charge in [0.2, 0.25) is 0 Å². The highest BCUT2D eigenvalue weighted by molar-refractivity contribution is 7.14. The number of carbonyl (C=O) groups is 2. The first-order chi connectivity index (χ1) is 12.5. The predicted molar refractivity (Wildman–Crippen MR) is 97.5 cm³/mol. The Hall–Kier alpha value is -2.72. The lowest BCUT2D eigenvalue weighted by molar-refractivity contribution is -0.125. The van der Waals surface area contributed by atoms with Gasteiger partial charge in [-0.2, -0.15) is 5.26 Å². The van der Waals surface area contributed by atoms with E-state index < -0.39 is 24.0 Å². The van der Waals surface area contributed by atoms with Crippen molar-refractivity contribution >= 4 is 23.2 Å². The molecule has 1 N–H and O–H groups in total. The number of rotatable bonds is 5. The van der Waals surface area contributed by atoms with Crippen molar-refractivity contribution in [2.75, 3.05) is 6.61 Å². The van der Waals surface area contributed by atoms with Crippen molar-refractivity contribution in [1.29, 1.82) is 5.26 Å². The summed E-state index contributed by atoms with van der Waals surface area (Å²) in [6.07, 6.45) is 3.09. The number of carbonyl (C=O) groups excluding carboxylic acids is 2. The Labute approximate surface area is 155 Å². The first-order valence-corrected chi connectivity index (χ1v) is 9.27. The fourth-order valence-electron chi connectivity index (χ4n) is 3.10. The van der Waals surface area contributed by atoms with Crippen LogP contribution in [0.15, 0.2) is 30.3 Å². The number of hydrogen-bond donors (Lipinski definition) is 1. The Balaban J connectivity index is 1.66. The van der Waals surface area contributed by atoms with Crippen LogP contribution in [0.4, 0.5) is 0 Å². The van der Waals surface area contributed by atoms with E-state index >= 15 is 0 Å². The largest absolute Gasteiger partial charge is 0.451 e. The van der Waals surface area contributed by atoms with Gasteiger partial charge >= 0.3 is 5.97 Å².